The summed E-state index contributed by atoms with van der Waals surface area (Å²) in [6.45, 7) is 18.2. The number of hydrogen-bond donors (Lipinski definition) is 0. The first-order valence-electron chi connectivity index (χ1n) is 21.2. The lowest BCUT2D eigenvalue weighted by atomic mass is 9.82. The molecule has 3 saturated heterocycles. The molecule has 1 aliphatic carbocycles. The second-order valence-corrected chi connectivity index (χ2v) is 24.5. The minimum Gasteiger partial charge on any atom is -0.461 e. The van der Waals surface area contributed by atoms with E-state index in [1.165, 1.54) is 25.3 Å². The summed E-state index contributed by atoms with van der Waals surface area (Å²) in [6.07, 6.45) is 5.61. The van der Waals surface area contributed by atoms with Gasteiger partial charge in [0, 0.05) is 36.5 Å². The van der Waals surface area contributed by atoms with Crippen LogP contribution in [0.5, 0.6) is 6.01 Å². The topological polar surface area (TPSA) is 54.4 Å². The number of nitrogens with zero attached hydrogens (tertiary/aromatic N) is 5. The third-order valence-electron chi connectivity index (χ3n) is 14.8. The number of benzene rings is 2. The molecule has 0 spiro atoms. The summed E-state index contributed by atoms with van der Waals surface area (Å²) < 4.78 is 55.2. The minimum atomic E-state index is -2.23. The van der Waals surface area contributed by atoms with Gasteiger partial charge in [-0.05, 0) is 90.9 Å². The van der Waals surface area contributed by atoms with Gasteiger partial charge in [-0.15, -0.1) is 5.54 Å². The van der Waals surface area contributed by atoms with Crippen LogP contribution in [0.1, 0.15) is 98.2 Å². The molecule has 6 heterocycles. The summed E-state index contributed by atoms with van der Waals surface area (Å²) >= 11 is 0. The molecule has 2 aromatic heterocycles. The summed E-state index contributed by atoms with van der Waals surface area (Å²) in [7, 11) is -2.23. The number of pyridine rings is 1. The normalized spacial score (nSPS) is 27.3. The molecule has 6 nitrogen and oxygen atoms in total. The molecular weight excluding hydrogens is 724 g/mol. The molecule has 9 rings (SSSR count). The number of aromatic nitrogens is 3. The molecule has 0 amide bonds. The second-order valence-electron chi connectivity index (χ2n) is 18.9. The van der Waals surface area contributed by atoms with E-state index in [9.17, 15) is 4.39 Å². The molecular formula is C46H56F3N5OSi. The van der Waals surface area contributed by atoms with Crippen LogP contribution >= 0.6 is 0 Å². The Morgan fingerprint density at radius 2 is 1.75 bits per heavy atom. The fraction of sp³-hybridized carbons (Fsp3) is 0.587. The van der Waals surface area contributed by atoms with Gasteiger partial charge in [-0.1, -0.05) is 78.7 Å². The molecule has 0 N–H and O–H groups in total. The van der Waals surface area contributed by atoms with Crippen molar-refractivity contribution in [2.24, 2.45) is 17.8 Å². The highest BCUT2D eigenvalue weighted by Crippen LogP contribution is 2.50. The first-order valence-corrected chi connectivity index (χ1v) is 23.5. The molecule has 1 saturated carbocycles. The molecule has 56 heavy (non-hydrogen) atoms. The minimum absolute atomic E-state index is 0.122. The largest absolute Gasteiger partial charge is 0.461 e. The zero-order valence-electron chi connectivity index (χ0n) is 34.1. The molecule has 6 atom stereocenters. The Labute approximate surface area is 331 Å². The highest BCUT2D eigenvalue weighted by Gasteiger charge is 2.50. The molecule has 2 bridgehead atoms. The average Bonchev–Trinajstić information content (AvgIpc) is 3.80. The average molecular weight is 780 g/mol. The van der Waals surface area contributed by atoms with E-state index in [4.69, 9.17) is 19.7 Å². The highest BCUT2D eigenvalue weighted by atomic mass is 28.3. The van der Waals surface area contributed by atoms with E-state index in [2.05, 4.69) is 69.7 Å². The van der Waals surface area contributed by atoms with Gasteiger partial charge in [-0.3, -0.25) is 4.90 Å². The highest BCUT2D eigenvalue weighted by molar-refractivity contribution is 6.90. The summed E-state index contributed by atoms with van der Waals surface area (Å²) in [5, 5.41) is 2.00. The number of ether oxygens (including phenoxy) is 1. The van der Waals surface area contributed by atoms with Crippen molar-refractivity contribution in [1.82, 2.24) is 19.9 Å². The van der Waals surface area contributed by atoms with Crippen LogP contribution < -0.4 is 9.64 Å². The number of hydrogen-bond acceptors (Lipinski definition) is 6. The van der Waals surface area contributed by atoms with Crippen LogP contribution in [0, 0.1) is 40.9 Å². The van der Waals surface area contributed by atoms with Crippen LogP contribution in [0.15, 0.2) is 30.3 Å². The Morgan fingerprint density at radius 1 is 0.964 bits per heavy atom. The van der Waals surface area contributed by atoms with Crippen LogP contribution in [0.4, 0.5) is 19.0 Å². The van der Waals surface area contributed by atoms with Crippen LogP contribution in [0.25, 0.3) is 32.9 Å². The number of anilines is 1. The van der Waals surface area contributed by atoms with E-state index < -0.39 is 31.4 Å². The molecule has 0 unspecified atom stereocenters. The van der Waals surface area contributed by atoms with Gasteiger partial charge in [0.05, 0.1) is 22.2 Å². The molecule has 4 aromatic rings. The van der Waals surface area contributed by atoms with Crippen LogP contribution in [-0.2, 0) is 6.42 Å². The van der Waals surface area contributed by atoms with Gasteiger partial charge in [0.1, 0.15) is 43.7 Å². The van der Waals surface area contributed by atoms with Crippen molar-refractivity contribution in [3.8, 4) is 28.7 Å². The van der Waals surface area contributed by atoms with Crippen molar-refractivity contribution in [2.45, 2.75) is 128 Å². The molecule has 0 radical (unpaired) electrons. The first-order chi connectivity index (χ1) is 26.8. The molecule has 296 valence electrons. The Morgan fingerprint density at radius 3 is 2.52 bits per heavy atom. The maximum Gasteiger partial charge on any atom is 0.319 e. The summed E-state index contributed by atoms with van der Waals surface area (Å²) in [6, 6.07) is 9.27. The van der Waals surface area contributed by atoms with E-state index in [1.807, 2.05) is 18.2 Å². The number of fused-ring (bicyclic) bond motifs is 7. The third-order valence-corrected chi connectivity index (χ3v) is 21.1. The van der Waals surface area contributed by atoms with Crippen molar-refractivity contribution in [3.63, 3.8) is 0 Å². The van der Waals surface area contributed by atoms with Gasteiger partial charge in [-0.2, -0.15) is 9.97 Å². The monoisotopic (exact) mass is 779 g/mol. The molecule has 10 heteroatoms. The Bertz CT molecular complexity index is 2250. The predicted molar refractivity (Wildman–Crippen MR) is 221 cm³/mol. The number of halogens is 3. The predicted octanol–water partition coefficient (Wildman–Crippen LogP) is 10.4. The lowest BCUT2D eigenvalue weighted by Crippen LogP contribution is -2.49. The number of rotatable bonds is 7. The lowest BCUT2D eigenvalue weighted by Gasteiger charge is -2.43. The van der Waals surface area contributed by atoms with Crippen LogP contribution in [0.2, 0.25) is 16.6 Å². The quantitative estimate of drug-likeness (QED) is 0.138. The van der Waals surface area contributed by atoms with E-state index in [1.54, 1.807) is 6.07 Å². The van der Waals surface area contributed by atoms with Gasteiger partial charge < -0.3 is 9.64 Å². The van der Waals surface area contributed by atoms with E-state index in [0.29, 0.717) is 75.6 Å². The van der Waals surface area contributed by atoms with Gasteiger partial charge in [0.15, 0.2) is 5.82 Å². The fourth-order valence-electron chi connectivity index (χ4n) is 12.4. The standard InChI is InChI=1S/C46H56F3N5OSi/c1-26(2)56(27(3)4,28(5)6)19-16-34-36(48)15-14-31-10-8-11-35(38(31)34)41-40(49)42-39-37(50-41)20-29(7)43-32-13-12-30(21-32)23-54(43)44(39)52-45(51-42)55-25-46-17-9-18-53(46)24-33(47)22-46/h8,10-11,14-15,26-30,32-33,43H,9,12-13,17-18,20-25H2,1-7H3/t29-,30-,32+,33+,43+,46-/m0/s1. The SMILES string of the molecule is CC(C)[Si](C#Cc1c(F)ccc2cccc(-c3nc4c5c(nc(OC[C@@]67CCCN6C[C@H](F)C7)nc5c3F)N3C[C@H]5CC[C@H](C5)[C@H]3[C@@H](C)C4)c12)(C(C)C)C(C)C. The van der Waals surface area contributed by atoms with Crippen molar-refractivity contribution in [1.29, 1.82) is 0 Å². The van der Waals surface area contributed by atoms with E-state index >= 15 is 8.78 Å². The zero-order chi connectivity index (χ0) is 39.3. The molecule has 4 aliphatic heterocycles. The Balaban J connectivity index is 1.24. The molecule has 2 aromatic carbocycles. The van der Waals surface area contributed by atoms with Crippen molar-refractivity contribution >= 4 is 35.6 Å². The van der Waals surface area contributed by atoms with E-state index in [0.717, 1.165) is 37.0 Å². The van der Waals surface area contributed by atoms with E-state index in [-0.39, 0.29) is 35.8 Å². The maximum absolute atomic E-state index is 17.7. The maximum atomic E-state index is 17.7. The number of alkyl halides is 1. The van der Waals surface area contributed by atoms with Gasteiger partial charge in [0.25, 0.3) is 0 Å². The van der Waals surface area contributed by atoms with Gasteiger partial charge in [0.2, 0.25) is 0 Å². The molecule has 4 fully saturated rings. The van der Waals surface area contributed by atoms with Gasteiger partial charge in [-0.25, -0.2) is 18.2 Å². The first kappa shape index (κ1) is 37.9. The Kier molecular flexibility index (Phi) is 9.47. The fourth-order valence-corrected chi connectivity index (χ4v) is 17.6. The van der Waals surface area contributed by atoms with Crippen molar-refractivity contribution in [2.75, 3.05) is 31.1 Å². The summed E-state index contributed by atoms with van der Waals surface area (Å²) in [4.78, 5) is 19.8. The van der Waals surface area contributed by atoms with Crippen molar-refractivity contribution < 1.29 is 17.9 Å². The van der Waals surface area contributed by atoms with Crippen LogP contribution in [-0.4, -0.2) is 71.9 Å². The zero-order valence-corrected chi connectivity index (χ0v) is 35.1. The second kappa shape index (κ2) is 14.0. The molecule has 5 aliphatic rings. The summed E-state index contributed by atoms with van der Waals surface area (Å²) in [5.74, 6) is 4.45. The lowest BCUT2D eigenvalue weighted by molar-refractivity contribution is 0.107. The van der Waals surface area contributed by atoms with Gasteiger partial charge >= 0.3 is 6.01 Å². The number of piperidine rings is 1. The third kappa shape index (κ3) is 5.88. The van der Waals surface area contributed by atoms with Crippen LogP contribution in [0.3, 0.4) is 0 Å². The summed E-state index contributed by atoms with van der Waals surface area (Å²) in [5.41, 5.74) is 6.32. The Hall–Kier alpha value is -3.68. The van der Waals surface area contributed by atoms with Crippen molar-refractivity contribution in [3.05, 3.63) is 53.2 Å². The smallest absolute Gasteiger partial charge is 0.319 e.